The SMILES string of the molecule is CO[C@@]1(NC(=O)Cc2ccccc2)C(=O)N2C(C(=O)O)=C(CO)CS[C@@H]21. The van der Waals surface area contributed by atoms with Crippen LogP contribution >= 0.6 is 11.8 Å². The summed E-state index contributed by atoms with van der Waals surface area (Å²) in [5, 5.41) is 20.7. The highest BCUT2D eigenvalue weighted by Crippen LogP contribution is 2.46. The van der Waals surface area contributed by atoms with Crippen molar-refractivity contribution in [2.24, 2.45) is 0 Å². The molecule has 3 rings (SSSR count). The second-order valence-electron chi connectivity index (χ2n) is 5.90. The quantitative estimate of drug-likeness (QED) is 0.469. The number of carbonyl (C=O) groups excluding carboxylic acids is 2. The van der Waals surface area contributed by atoms with Crippen molar-refractivity contribution < 1.29 is 29.3 Å². The van der Waals surface area contributed by atoms with E-state index in [2.05, 4.69) is 5.32 Å². The van der Waals surface area contributed by atoms with Gasteiger partial charge in [0, 0.05) is 12.9 Å². The van der Waals surface area contributed by atoms with Crippen molar-refractivity contribution in [2.75, 3.05) is 19.5 Å². The third-order valence-corrected chi connectivity index (χ3v) is 5.73. The molecule has 2 atom stereocenters. The average molecular weight is 378 g/mol. The number of nitrogens with zero attached hydrogens (tertiary/aromatic N) is 1. The van der Waals surface area contributed by atoms with Crippen molar-refractivity contribution in [3.8, 4) is 0 Å². The minimum Gasteiger partial charge on any atom is -0.477 e. The van der Waals surface area contributed by atoms with Gasteiger partial charge in [-0.25, -0.2) is 4.79 Å². The molecule has 0 unspecified atom stereocenters. The Hall–Kier alpha value is -2.36. The number of rotatable bonds is 6. The van der Waals surface area contributed by atoms with Crippen molar-refractivity contribution in [1.29, 1.82) is 0 Å². The first-order valence-electron chi connectivity index (χ1n) is 7.86. The molecule has 2 aliphatic heterocycles. The van der Waals surface area contributed by atoms with Crippen molar-refractivity contribution in [3.63, 3.8) is 0 Å². The van der Waals surface area contributed by atoms with E-state index in [-0.39, 0.29) is 23.4 Å². The van der Waals surface area contributed by atoms with E-state index in [1.165, 1.54) is 18.9 Å². The average Bonchev–Trinajstić information content (AvgIpc) is 2.65. The lowest BCUT2D eigenvalue weighted by Crippen LogP contribution is -2.80. The summed E-state index contributed by atoms with van der Waals surface area (Å²) in [4.78, 5) is 37.7. The van der Waals surface area contributed by atoms with Crippen LogP contribution in [-0.4, -0.2) is 63.5 Å². The van der Waals surface area contributed by atoms with Crippen LogP contribution in [0.3, 0.4) is 0 Å². The number of benzene rings is 1. The molecule has 1 aromatic carbocycles. The van der Waals surface area contributed by atoms with Crippen molar-refractivity contribution in [1.82, 2.24) is 10.2 Å². The first-order chi connectivity index (χ1) is 12.4. The minimum absolute atomic E-state index is 0.0696. The second-order valence-corrected chi connectivity index (χ2v) is 6.97. The topological polar surface area (TPSA) is 116 Å². The summed E-state index contributed by atoms with van der Waals surface area (Å²) in [5.41, 5.74) is -0.818. The molecule has 26 heavy (non-hydrogen) atoms. The summed E-state index contributed by atoms with van der Waals surface area (Å²) in [7, 11) is 1.30. The van der Waals surface area contributed by atoms with Gasteiger partial charge >= 0.3 is 5.97 Å². The minimum atomic E-state index is -1.61. The van der Waals surface area contributed by atoms with Crippen LogP contribution in [0.15, 0.2) is 41.6 Å². The number of thioether (sulfide) groups is 1. The number of methoxy groups -OCH3 is 1. The Morgan fingerprint density at radius 3 is 2.65 bits per heavy atom. The maximum atomic E-state index is 12.7. The lowest BCUT2D eigenvalue weighted by Gasteiger charge is -2.55. The Bertz CT molecular complexity index is 781. The molecule has 0 radical (unpaired) electrons. The summed E-state index contributed by atoms with van der Waals surface area (Å²) < 4.78 is 5.34. The molecule has 0 saturated carbocycles. The first-order valence-corrected chi connectivity index (χ1v) is 8.91. The van der Waals surface area contributed by atoms with Crippen LogP contribution < -0.4 is 5.32 Å². The van der Waals surface area contributed by atoms with E-state index in [1.54, 1.807) is 12.1 Å². The predicted molar refractivity (Wildman–Crippen MR) is 92.9 cm³/mol. The number of ether oxygens (including phenoxy) is 1. The van der Waals surface area contributed by atoms with Gasteiger partial charge in [0.2, 0.25) is 5.91 Å². The number of aliphatic hydroxyl groups excluding tert-OH is 1. The highest BCUT2D eigenvalue weighted by Gasteiger charge is 2.66. The van der Waals surface area contributed by atoms with E-state index in [4.69, 9.17) is 4.74 Å². The number of aliphatic carboxylic acids is 1. The van der Waals surface area contributed by atoms with Gasteiger partial charge in [-0.3, -0.25) is 14.5 Å². The molecule has 2 amide bonds. The highest BCUT2D eigenvalue weighted by atomic mass is 32.2. The summed E-state index contributed by atoms with van der Waals surface area (Å²) in [6.07, 6.45) is 0.0696. The summed E-state index contributed by atoms with van der Waals surface area (Å²) in [6, 6.07) is 9.04. The number of amides is 2. The highest BCUT2D eigenvalue weighted by molar-refractivity contribution is 8.00. The number of hydrogen-bond donors (Lipinski definition) is 3. The van der Waals surface area contributed by atoms with Crippen LogP contribution in [0.25, 0.3) is 0 Å². The number of carboxylic acids is 1. The summed E-state index contributed by atoms with van der Waals surface area (Å²) >= 11 is 1.23. The van der Waals surface area contributed by atoms with Crippen LogP contribution in [-0.2, 0) is 25.5 Å². The van der Waals surface area contributed by atoms with Crippen molar-refractivity contribution in [2.45, 2.75) is 17.5 Å². The zero-order valence-electron chi connectivity index (χ0n) is 14.0. The first kappa shape index (κ1) is 18.4. The van der Waals surface area contributed by atoms with E-state index in [0.29, 0.717) is 0 Å². The van der Waals surface area contributed by atoms with E-state index in [1.807, 2.05) is 18.2 Å². The molecule has 1 saturated heterocycles. The number of carboxylic acid groups (broad SMARTS) is 1. The van der Waals surface area contributed by atoms with Gasteiger partial charge in [0.05, 0.1) is 13.0 Å². The smallest absolute Gasteiger partial charge is 0.352 e. The van der Waals surface area contributed by atoms with Gasteiger partial charge in [0.25, 0.3) is 11.6 Å². The summed E-state index contributed by atoms with van der Waals surface area (Å²) in [6.45, 7) is -0.453. The van der Waals surface area contributed by atoms with Crippen LogP contribution in [0.5, 0.6) is 0 Å². The van der Waals surface area contributed by atoms with Crippen molar-refractivity contribution in [3.05, 3.63) is 47.2 Å². The molecule has 0 aliphatic carbocycles. The Morgan fingerprint density at radius 1 is 1.38 bits per heavy atom. The Balaban J connectivity index is 1.81. The molecule has 2 aliphatic rings. The molecular formula is C17H18N2O6S. The predicted octanol–water partition coefficient (Wildman–Crippen LogP) is -0.0659. The van der Waals surface area contributed by atoms with E-state index >= 15 is 0 Å². The Morgan fingerprint density at radius 2 is 2.08 bits per heavy atom. The van der Waals surface area contributed by atoms with Gasteiger partial charge in [-0.05, 0) is 11.1 Å². The van der Waals surface area contributed by atoms with Crippen LogP contribution in [0, 0.1) is 0 Å². The molecule has 3 N–H and O–H groups in total. The third kappa shape index (κ3) is 2.87. The fraction of sp³-hybridized carbons (Fsp3) is 0.353. The van der Waals surface area contributed by atoms with Crippen LogP contribution in [0.1, 0.15) is 5.56 Å². The van der Waals surface area contributed by atoms with Gasteiger partial charge in [-0.15, -0.1) is 11.8 Å². The zero-order chi connectivity index (χ0) is 18.9. The standard InChI is InChI=1S/C17H18N2O6S/c1-25-17(18-12(21)7-10-5-3-2-4-6-10)15(24)19-13(14(22)23)11(8-20)9-26-16(17)19/h2-6,16,20H,7-9H2,1H3,(H,18,21)(H,22,23)/t16-,17+/m1/s1. The lowest BCUT2D eigenvalue weighted by atomic mass is 9.97. The number of nitrogens with one attached hydrogen (secondary N) is 1. The fourth-order valence-corrected chi connectivity index (χ4v) is 4.53. The number of β-lactam (4-membered cyclic amide) rings is 1. The van der Waals surface area contributed by atoms with Gasteiger partial charge in [-0.1, -0.05) is 30.3 Å². The van der Waals surface area contributed by atoms with Gasteiger partial charge < -0.3 is 20.3 Å². The molecule has 8 nitrogen and oxygen atoms in total. The molecule has 0 spiro atoms. The molecule has 2 heterocycles. The van der Waals surface area contributed by atoms with Gasteiger partial charge in [0.15, 0.2) is 0 Å². The number of aliphatic hydroxyl groups is 1. The van der Waals surface area contributed by atoms with E-state index < -0.39 is 35.5 Å². The number of hydrogen-bond acceptors (Lipinski definition) is 6. The van der Waals surface area contributed by atoms with Crippen molar-refractivity contribution >= 4 is 29.5 Å². The molecule has 9 heteroatoms. The molecule has 1 fully saturated rings. The Kier molecular flexibility index (Phi) is 5.03. The fourth-order valence-electron chi connectivity index (χ4n) is 3.10. The maximum Gasteiger partial charge on any atom is 0.352 e. The van der Waals surface area contributed by atoms with Gasteiger partial charge in [-0.2, -0.15) is 0 Å². The molecule has 0 bridgehead atoms. The number of carbonyl (C=O) groups is 3. The molecule has 138 valence electrons. The second kappa shape index (κ2) is 7.10. The maximum absolute atomic E-state index is 12.7. The lowest BCUT2D eigenvalue weighted by molar-refractivity contribution is -0.192. The van der Waals surface area contributed by atoms with Crippen LogP contribution in [0.4, 0.5) is 0 Å². The number of fused-ring (bicyclic) bond motifs is 1. The zero-order valence-corrected chi connectivity index (χ0v) is 14.8. The normalized spacial score (nSPS) is 24.8. The largest absolute Gasteiger partial charge is 0.477 e. The molecular weight excluding hydrogens is 360 g/mol. The molecule has 0 aromatic heterocycles. The summed E-state index contributed by atoms with van der Waals surface area (Å²) in [5.74, 6) is -2.14. The molecule has 1 aromatic rings. The van der Waals surface area contributed by atoms with Crippen LogP contribution in [0.2, 0.25) is 0 Å². The third-order valence-electron chi connectivity index (χ3n) is 4.36. The Labute approximate surface area is 153 Å². The van der Waals surface area contributed by atoms with E-state index in [0.717, 1.165) is 10.5 Å². The monoisotopic (exact) mass is 378 g/mol. The van der Waals surface area contributed by atoms with Gasteiger partial charge in [0.1, 0.15) is 11.1 Å². The van der Waals surface area contributed by atoms with E-state index in [9.17, 15) is 24.6 Å².